The van der Waals surface area contributed by atoms with Gasteiger partial charge in [-0.3, -0.25) is 4.79 Å². The zero-order chi connectivity index (χ0) is 18.6. The fourth-order valence-corrected chi connectivity index (χ4v) is 6.26. The Hall–Kier alpha value is -0.890. The first-order chi connectivity index (χ1) is 13.2. The summed E-state index contributed by atoms with van der Waals surface area (Å²) in [6, 6.07) is 0. The quantitative estimate of drug-likeness (QED) is 0.455. The van der Waals surface area contributed by atoms with E-state index >= 15 is 0 Å². The van der Waals surface area contributed by atoms with E-state index in [-0.39, 0.29) is 5.48 Å². The molecular weight excluding hydrogens is 344 g/mol. The Kier molecular flexibility index (Phi) is 7.97. The lowest BCUT2D eigenvalue weighted by molar-refractivity contribution is -0.130. The lowest BCUT2D eigenvalue weighted by Crippen LogP contribution is -2.32. The van der Waals surface area contributed by atoms with Gasteiger partial charge in [0.25, 0.3) is 0 Å². The molecule has 0 heterocycles. The minimum absolute atomic E-state index is 0. The Bertz CT molecular complexity index is 575. The summed E-state index contributed by atoms with van der Waals surface area (Å²) in [4.78, 5) is 12.5. The van der Waals surface area contributed by atoms with Crippen molar-refractivity contribution < 1.29 is 10.3 Å². The predicted molar refractivity (Wildman–Crippen MR) is 117 cm³/mol. The van der Waals surface area contributed by atoms with Crippen LogP contribution >= 0.6 is 0 Å². The highest BCUT2D eigenvalue weighted by atomic mass is 16.1. The molecule has 0 bridgehead atoms. The number of hydrogen-bond donors (Lipinski definition) is 0. The van der Waals surface area contributed by atoms with Gasteiger partial charge in [-0.25, -0.2) is 0 Å². The molecule has 0 aromatic heterocycles. The van der Waals surface area contributed by atoms with E-state index in [1.807, 2.05) is 0 Å². The summed E-state index contributed by atoms with van der Waals surface area (Å²) < 4.78 is 0. The van der Waals surface area contributed by atoms with Crippen LogP contribution in [0.2, 0.25) is 0 Å². The van der Waals surface area contributed by atoms with Crippen LogP contribution in [0.15, 0.2) is 23.3 Å². The topological polar surface area (TPSA) is 48.6 Å². The third kappa shape index (κ3) is 5.17. The van der Waals surface area contributed by atoms with E-state index in [0.29, 0.717) is 17.6 Å². The molecule has 0 aliphatic heterocycles. The number of carbonyl (C=O) groups is 1. The third-order valence-electron chi connectivity index (χ3n) is 8.48. The normalized spacial score (nSPS) is 33.5. The van der Waals surface area contributed by atoms with Gasteiger partial charge in [-0.05, 0) is 115 Å². The van der Waals surface area contributed by atoms with E-state index in [0.717, 1.165) is 17.8 Å². The van der Waals surface area contributed by atoms with Crippen LogP contribution in [0.3, 0.4) is 0 Å². The largest absolute Gasteiger partial charge is 0.412 e. The minimum atomic E-state index is 0. The van der Waals surface area contributed by atoms with Gasteiger partial charge < -0.3 is 5.48 Å². The average molecular weight is 387 g/mol. The molecule has 4 aliphatic rings. The highest BCUT2D eigenvalue weighted by molar-refractivity contribution is 5.84. The zero-order valence-corrected chi connectivity index (χ0v) is 18.1. The van der Waals surface area contributed by atoms with Crippen LogP contribution in [0.4, 0.5) is 0 Å². The molecule has 28 heavy (non-hydrogen) atoms. The highest BCUT2D eigenvalue weighted by Gasteiger charge is 2.35. The van der Waals surface area contributed by atoms with Crippen LogP contribution < -0.4 is 0 Å². The molecule has 2 fully saturated rings. The maximum absolute atomic E-state index is 12.5. The Balaban J connectivity index is 0.00000225. The van der Waals surface area contributed by atoms with Crippen molar-refractivity contribution in [3.05, 3.63) is 23.3 Å². The van der Waals surface area contributed by atoms with Crippen molar-refractivity contribution in [1.82, 2.24) is 0 Å². The van der Waals surface area contributed by atoms with Crippen molar-refractivity contribution in [3.63, 3.8) is 0 Å². The molecule has 0 aromatic rings. The number of Topliss-reactive ketones (excluding diaryl/α,β-unsaturated/α-hetero) is 1. The first-order valence-electron chi connectivity index (χ1n) is 12.1. The van der Waals surface area contributed by atoms with Crippen LogP contribution in [-0.2, 0) is 4.79 Å². The standard InChI is InChI=1S/C26H40O.H2O/c1-19-5-2-7-21(19)8-3-6-20-11-13-22(14-12-20)23-15-17-25(18-16-23)26(27)24-9-4-10-24;/h11,13,20,22-25H,2-10,12,14-18H2,1H3;1H2. The maximum atomic E-state index is 12.5. The smallest absolute Gasteiger partial charge is 0.139 e. The zero-order valence-electron chi connectivity index (χ0n) is 18.1. The van der Waals surface area contributed by atoms with Gasteiger partial charge in [-0.2, -0.15) is 0 Å². The second-order valence-electron chi connectivity index (χ2n) is 10.2. The Morgan fingerprint density at radius 3 is 2.21 bits per heavy atom. The molecule has 0 amide bonds. The molecular formula is C26H42O2. The average Bonchev–Trinajstić information content (AvgIpc) is 3.06. The van der Waals surface area contributed by atoms with Crippen molar-refractivity contribution in [2.75, 3.05) is 0 Å². The molecule has 2 nitrogen and oxygen atoms in total. The van der Waals surface area contributed by atoms with E-state index in [4.69, 9.17) is 0 Å². The van der Waals surface area contributed by atoms with Crippen LogP contribution in [0.25, 0.3) is 0 Å². The van der Waals surface area contributed by atoms with Crippen molar-refractivity contribution in [2.24, 2.45) is 29.6 Å². The van der Waals surface area contributed by atoms with Crippen LogP contribution in [0.5, 0.6) is 0 Å². The molecule has 0 saturated heterocycles. The summed E-state index contributed by atoms with van der Waals surface area (Å²) >= 11 is 0. The molecule has 2 N–H and O–H groups in total. The predicted octanol–water partition coefficient (Wildman–Crippen LogP) is 6.59. The van der Waals surface area contributed by atoms with Crippen molar-refractivity contribution in [3.8, 4) is 0 Å². The number of ketones is 1. The lowest BCUT2D eigenvalue weighted by Gasteiger charge is -2.36. The van der Waals surface area contributed by atoms with Gasteiger partial charge in [0.15, 0.2) is 0 Å². The summed E-state index contributed by atoms with van der Waals surface area (Å²) in [6.45, 7) is 2.35. The van der Waals surface area contributed by atoms with Gasteiger partial charge in [-0.15, -0.1) is 0 Å². The molecule has 0 radical (unpaired) electrons. The van der Waals surface area contributed by atoms with E-state index in [1.54, 1.807) is 11.1 Å². The van der Waals surface area contributed by atoms with Crippen molar-refractivity contribution in [2.45, 2.75) is 103 Å². The summed E-state index contributed by atoms with van der Waals surface area (Å²) in [5.41, 5.74) is 3.47. The number of rotatable bonds is 7. The summed E-state index contributed by atoms with van der Waals surface area (Å²) in [6.07, 6.45) is 24.8. The van der Waals surface area contributed by atoms with Crippen LogP contribution in [0.1, 0.15) is 103 Å². The summed E-state index contributed by atoms with van der Waals surface area (Å²) in [5, 5.41) is 0. The van der Waals surface area contributed by atoms with Crippen molar-refractivity contribution >= 4 is 5.78 Å². The first-order valence-corrected chi connectivity index (χ1v) is 12.1. The molecule has 2 atom stereocenters. The van der Waals surface area contributed by atoms with E-state index in [2.05, 4.69) is 19.1 Å². The summed E-state index contributed by atoms with van der Waals surface area (Å²) in [5.74, 6) is 4.00. The number of hydrogen-bond acceptors (Lipinski definition) is 1. The molecule has 2 saturated carbocycles. The Labute approximate surface area is 172 Å². The highest BCUT2D eigenvalue weighted by Crippen LogP contribution is 2.42. The molecule has 0 aromatic carbocycles. The molecule has 2 unspecified atom stereocenters. The van der Waals surface area contributed by atoms with Crippen molar-refractivity contribution in [1.29, 1.82) is 0 Å². The van der Waals surface area contributed by atoms with E-state index in [1.165, 1.54) is 96.3 Å². The molecule has 2 heteroatoms. The van der Waals surface area contributed by atoms with Gasteiger partial charge in [0.2, 0.25) is 0 Å². The molecule has 4 rings (SSSR count). The Morgan fingerprint density at radius 2 is 1.64 bits per heavy atom. The second-order valence-corrected chi connectivity index (χ2v) is 10.2. The molecule has 0 spiro atoms. The van der Waals surface area contributed by atoms with Gasteiger partial charge >= 0.3 is 0 Å². The SMILES string of the molecule is CC1=C(CCCC2C=CC(C3CCC(C(=O)C4CCC4)CC3)CC2)CCC1.O. The van der Waals surface area contributed by atoms with Gasteiger partial charge in [0.1, 0.15) is 5.78 Å². The van der Waals surface area contributed by atoms with Crippen LogP contribution in [0, 0.1) is 29.6 Å². The van der Waals surface area contributed by atoms with E-state index < -0.39 is 0 Å². The molecule has 4 aliphatic carbocycles. The fraction of sp³-hybridized carbons (Fsp3) is 0.808. The third-order valence-corrected chi connectivity index (χ3v) is 8.48. The fourth-order valence-electron chi connectivity index (χ4n) is 6.26. The molecule has 158 valence electrons. The maximum Gasteiger partial charge on any atom is 0.139 e. The van der Waals surface area contributed by atoms with E-state index in [9.17, 15) is 4.79 Å². The van der Waals surface area contributed by atoms with Gasteiger partial charge in [0, 0.05) is 11.8 Å². The monoisotopic (exact) mass is 386 g/mol. The van der Waals surface area contributed by atoms with Gasteiger partial charge in [-0.1, -0.05) is 29.7 Å². The van der Waals surface area contributed by atoms with Crippen LogP contribution in [-0.4, -0.2) is 11.3 Å². The number of allylic oxidation sites excluding steroid dienone is 4. The first kappa shape index (κ1) is 21.8. The minimum Gasteiger partial charge on any atom is -0.412 e. The van der Waals surface area contributed by atoms with Gasteiger partial charge in [0.05, 0.1) is 0 Å². The number of carbonyl (C=O) groups excluding carboxylic acids is 1. The second kappa shape index (κ2) is 10.2. The Morgan fingerprint density at radius 1 is 0.893 bits per heavy atom. The lowest BCUT2D eigenvalue weighted by atomic mass is 9.68. The summed E-state index contributed by atoms with van der Waals surface area (Å²) in [7, 11) is 0.